The molecule has 1 heterocycles. The van der Waals surface area contributed by atoms with Crippen molar-refractivity contribution in [1.82, 2.24) is 4.98 Å². The smallest absolute Gasteiger partial charge is 0.252 e. The van der Waals surface area contributed by atoms with Crippen LogP contribution >= 0.6 is 11.6 Å². The predicted molar refractivity (Wildman–Crippen MR) is 80.6 cm³/mol. The predicted octanol–water partition coefficient (Wildman–Crippen LogP) is 2.59. The van der Waals surface area contributed by atoms with Gasteiger partial charge in [0.2, 0.25) is 0 Å². The Morgan fingerprint density at radius 3 is 2.62 bits per heavy atom. The third-order valence-corrected chi connectivity index (χ3v) is 3.02. The fraction of sp³-hybridized carbons (Fsp3) is 0.143. The van der Waals surface area contributed by atoms with Crippen molar-refractivity contribution >= 4 is 28.9 Å². The van der Waals surface area contributed by atoms with E-state index < -0.39 is 5.91 Å². The number of primary amides is 1. The molecule has 0 aliphatic rings. The highest BCUT2D eigenvalue weighted by Crippen LogP contribution is 2.33. The van der Waals surface area contributed by atoms with E-state index >= 15 is 0 Å². The average Bonchev–Trinajstić information content (AvgIpc) is 2.47. The number of amides is 1. The highest BCUT2D eigenvalue weighted by molar-refractivity contribution is 6.29. The van der Waals surface area contributed by atoms with Gasteiger partial charge in [0, 0.05) is 12.3 Å². The Bertz CT molecular complexity index is 677. The Morgan fingerprint density at radius 1 is 1.24 bits per heavy atom. The maximum Gasteiger partial charge on any atom is 0.252 e. The number of carbonyl (C=O) groups is 1. The molecule has 0 saturated heterocycles. The molecule has 0 atom stereocenters. The minimum absolute atomic E-state index is 0.226. The van der Waals surface area contributed by atoms with Crippen LogP contribution in [0.15, 0.2) is 30.5 Å². The largest absolute Gasteiger partial charge is 0.497 e. The van der Waals surface area contributed by atoms with Crippen molar-refractivity contribution in [3.05, 3.63) is 41.2 Å². The summed E-state index contributed by atoms with van der Waals surface area (Å²) >= 11 is 5.86. The van der Waals surface area contributed by atoms with E-state index in [4.69, 9.17) is 26.8 Å². The second kappa shape index (κ2) is 6.32. The van der Waals surface area contributed by atoms with Crippen molar-refractivity contribution in [2.75, 3.05) is 19.5 Å². The molecule has 2 aromatic rings. The second-order valence-electron chi connectivity index (χ2n) is 4.11. The zero-order valence-electron chi connectivity index (χ0n) is 11.5. The summed E-state index contributed by atoms with van der Waals surface area (Å²) in [6.07, 6.45) is 1.32. The van der Waals surface area contributed by atoms with Crippen LogP contribution in [0.25, 0.3) is 0 Å². The minimum atomic E-state index is -0.608. The number of nitrogens with zero attached hydrogens (tertiary/aromatic N) is 1. The number of methoxy groups -OCH3 is 2. The number of benzene rings is 1. The quantitative estimate of drug-likeness (QED) is 0.829. The van der Waals surface area contributed by atoms with Crippen molar-refractivity contribution in [1.29, 1.82) is 0 Å². The third kappa shape index (κ3) is 3.35. The monoisotopic (exact) mass is 307 g/mol. The van der Waals surface area contributed by atoms with Crippen LogP contribution in [0.1, 0.15) is 10.4 Å². The summed E-state index contributed by atoms with van der Waals surface area (Å²) in [5.74, 6) is 0.613. The van der Waals surface area contributed by atoms with E-state index in [9.17, 15) is 4.79 Å². The molecule has 0 saturated carbocycles. The van der Waals surface area contributed by atoms with Gasteiger partial charge in [-0.2, -0.15) is 0 Å². The van der Waals surface area contributed by atoms with Crippen molar-refractivity contribution in [2.45, 2.75) is 0 Å². The van der Waals surface area contributed by atoms with Crippen molar-refractivity contribution in [3.63, 3.8) is 0 Å². The Labute approximate surface area is 126 Å². The Balaban J connectivity index is 2.46. The first kappa shape index (κ1) is 14.9. The van der Waals surface area contributed by atoms with Gasteiger partial charge >= 0.3 is 0 Å². The first-order valence-corrected chi connectivity index (χ1v) is 6.37. The van der Waals surface area contributed by atoms with E-state index in [0.29, 0.717) is 22.9 Å². The minimum Gasteiger partial charge on any atom is -0.497 e. The standard InChI is InChI=1S/C14H14ClN3O3/c1-20-8-3-4-12(21-2)11(5-8)18-10-6-13(15)17-7-9(10)14(16)19/h3-7H,1-2H3,(H2,16,19)(H,17,18). The number of ether oxygens (including phenoxy) is 2. The summed E-state index contributed by atoms with van der Waals surface area (Å²) in [5.41, 5.74) is 6.60. The van der Waals surface area contributed by atoms with Gasteiger partial charge in [-0.25, -0.2) is 4.98 Å². The van der Waals surface area contributed by atoms with Crippen LogP contribution in [0.4, 0.5) is 11.4 Å². The molecule has 1 aromatic heterocycles. The lowest BCUT2D eigenvalue weighted by Crippen LogP contribution is -2.14. The number of nitrogens with two attached hydrogens (primary N) is 1. The summed E-state index contributed by atoms with van der Waals surface area (Å²) in [4.78, 5) is 15.3. The van der Waals surface area contributed by atoms with Crippen LogP contribution in [0, 0.1) is 0 Å². The van der Waals surface area contributed by atoms with Crippen LogP contribution < -0.4 is 20.5 Å². The molecule has 0 aliphatic carbocycles. The van der Waals surface area contributed by atoms with Crippen molar-refractivity contribution < 1.29 is 14.3 Å². The fourth-order valence-electron chi connectivity index (χ4n) is 1.79. The van der Waals surface area contributed by atoms with E-state index in [0.717, 1.165) is 0 Å². The molecule has 0 unspecified atom stereocenters. The number of nitrogens with one attached hydrogen (secondary N) is 1. The molecule has 1 aromatic carbocycles. The van der Waals surface area contributed by atoms with E-state index in [1.54, 1.807) is 32.4 Å². The molecular formula is C14H14ClN3O3. The first-order chi connectivity index (χ1) is 10.0. The average molecular weight is 308 g/mol. The van der Waals surface area contributed by atoms with Crippen LogP contribution in [0.3, 0.4) is 0 Å². The van der Waals surface area contributed by atoms with Crippen molar-refractivity contribution in [2.24, 2.45) is 5.73 Å². The van der Waals surface area contributed by atoms with Crippen molar-refractivity contribution in [3.8, 4) is 11.5 Å². The molecule has 2 rings (SSSR count). The summed E-state index contributed by atoms with van der Waals surface area (Å²) in [6.45, 7) is 0. The molecule has 7 heteroatoms. The van der Waals surface area contributed by atoms with Gasteiger partial charge in [-0.1, -0.05) is 11.6 Å². The van der Waals surface area contributed by atoms with E-state index in [1.165, 1.54) is 12.3 Å². The summed E-state index contributed by atoms with van der Waals surface area (Å²) < 4.78 is 10.4. The fourth-order valence-corrected chi connectivity index (χ4v) is 1.94. The van der Waals surface area contributed by atoms with E-state index in [2.05, 4.69) is 10.3 Å². The Hall–Kier alpha value is -2.47. The molecule has 0 radical (unpaired) electrons. The lowest BCUT2D eigenvalue weighted by Gasteiger charge is -2.14. The Kier molecular flexibility index (Phi) is 4.49. The van der Waals surface area contributed by atoms with Crippen LogP contribution in [-0.4, -0.2) is 25.1 Å². The van der Waals surface area contributed by atoms with Gasteiger partial charge in [0.05, 0.1) is 31.2 Å². The molecule has 3 N–H and O–H groups in total. The maximum absolute atomic E-state index is 11.4. The van der Waals surface area contributed by atoms with E-state index in [-0.39, 0.29) is 10.7 Å². The molecule has 0 fully saturated rings. The Morgan fingerprint density at radius 2 is 2.00 bits per heavy atom. The van der Waals surface area contributed by atoms with E-state index in [1.807, 2.05) is 0 Å². The molecule has 1 amide bonds. The highest BCUT2D eigenvalue weighted by atomic mass is 35.5. The number of hydrogen-bond donors (Lipinski definition) is 2. The maximum atomic E-state index is 11.4. The zero-order valence-corrected chi connectivity index (χ0v) is 12.3. The van der Waals surface area contributed by atoms with Gasteiger partial charge in [-0.3, -0.25) is 4.79 Å². The number of hydrogen-bond acceptors (Lipinski definition) is 5. The molecular weight excluding hydrogens is 294 g/mol. The molecule has 21 heavy (non-hydrogen) atoms. The topological polar surface area (TPSA) is 86.5 Å². The molecule has 0 spiro atoms. The lowest BCUT2D eigenvalue weighted by atomic mass is 10.2. The molecule has 0 aliphatic heterocycles. The zero-order chi connectivity index (χ0) is 15.4. The van der Waals surface area contributed by atoms with Gasteiger partial charge in [-0.15, -0.1) is 0 Å². The lowest BCUT2D eigenvalue weighted by molar-refractivity contribution is 0.100. The highest BCUT2D eigenvalue weighted by Gasteiger charge is 2.12. The number of rotatable bonds is 5. The summed E-state index contributed by atoms with van der Waals surface area (Å²) in [7, 11) is 3.10. The SMILES string of the molecule is COc1ccc(OC)c(Nc2cc(Cl)ncc2C(N)=O)c1. The number of carbonyl (C=O) groups excluding carboxylic acids is 1. The van der Waals surface area contributed by atoms with Gasteiger partial charge in [0.15, 0.2) is 0 Å². The number of pyridine rings is 1. The van der Waals surface area contributed by atoms with Gasteiger partial charge in [0.1, 0.15) is 16.7 Å². The molecule has 0 bridgehead atoms. The summed E-state index contributed by atoms with van der Waals surface area (Å²) in [6, 6.07) is 6.75. The number of aromatic nitrogens is 1. The van der Waals surface area contributed by atoms with Gasteiger partial charge in [0.25, 0.3) is 5.91 Å². The molecule has 6 nitrogen and oxygen atoms in total. The van der Waals surface area contributed by atoms with Crippen LogP contribution in [0.2, 0.25) is 5.15 Å². The normalized spacial score (nSPS) is 10.0. The van der Waals surface area contributed by atoms with Gasteiger partial charge in [-0.05, 0) is 18.2 Å². The third-order valence-electron chi connectivity index (χ3n) is 2.81. The molecule has 110 valence electrons. The van der Waals surface area contributed by atoms with Gasteiger partial charge < -0.3 is 20.5 Å². The second-order valence-corrected chi connectivity index (χ2v) is 4.50. The summed E-state index contributed by atoms with van der Waals surface area (Å²) in [5, 5.41) is 3.30. The number of anilines is 2. The van der Waals surface area contributed by atoms with Crippen LogP contribution in [0.5, 0.6) is 11.5 Å². The first-order valence-electron chi connectivity index (χ1n) is 5.99. The number of halogens is 1. The van der Waals surface area contributed by atoms with Crippen LogP contribution in [-0.2, 0) is 0 Å².